The first kappa shape index (κ1) is 20.6. The van der Waals surface area contributed by atoms with Gasteiger partial charge in [-0.2, -0.15) is 0 Å². The Balaban J connectivity index is 2.16. The van der Waals surface area contributed by atoms with E-state index in [1.807, 2.05) is 0 Å². The van der Waals surface area contributed by atoms with Crippen LogP contribution in [0.15, 0.2) is 16.5 Å². The maximum atomic E-state index is 13.6. The number of nitrogens with zero attached hydrogens (tertiary/aromatic N) is 3. The van der Waals surface area contributed by atoms with E-state index in [9.17, 15) is 14.7 Å². The van der Waals surface area contributed by atoms with E-state index in [0.717, 1.165) is 0 Å². The monoisotopic (exact) mass is 415 g/mol. The zero-order valence-corrected chi connectivity index (χ0v) is 15.9. The third-order valence-corrected chi connectivity index (χ3v) is 6.62. The van der Waals surface area contributed by atoms with Crippen molar-refractivity contribution >= 4 is 36.8 Å². The number of rotatable bonds is 10. The molecule has 142 valence electrons. The third kappa shape index (κ3) is 5.40. The number of alkyl halides is 2. The summed E-state index contributed by atoms with van der Waals surface area (Å²) in [7, 11) is -3.43. The first-order valence-electron chi connectivity index (χ1n) is 7.69. The highest BCUT2D eigenvalue weighted by molar-refractivity contribution is 7.53. The van der Waals surface area contributed by atoms with Gasteiger partial charge in [-0.15, -0.1) is 23.2 Å². The molecule has 2 heterocycles. The molecule has 0 radical (unpaired) electrons. The number of halogens is 2. The molecule has 2 rings (SSSR count). The van der Waals surface area contributed by atoms with Crippen molar-refractivity contribution in [3.8, 4) is 0 Å². The van der Waals surface area contributed by atoms with Crippen LogP contribution in [0.5, 0.6) is 0 Å². The van der Waals surface area contributed by atoms with Crippen LogP contribution in [0.1, 0.15) is 5.76 Å². The number of hydrogen-bond acceptors (Lipinski definition) is 6. The van der Waals surface area contributed by atoms with E-state index >= 15 is 0 Å². The molecule has 0 N–H and O–H groups in total. The lowest BCUT2D eigenvalue weighted by molar-refractivity contribution is -0.402. The molecule has 1 aromatic heterocycles. The van der Waals surface area contributed by atoms with E-state index < -0.39 is 18.5 Å². The van der Waals surface area contributed by atoms with Gasteiger partial charge in [0.2, 0.25) is 0 Å². The van der Waals surface area contributed by atoms with Gasteiger partial charge in [0, 0.05) is 37.9 Å². The average molecular weight is 416 g/mol. The van der Waals surface area contributed by atoms with Crippen LogP contribution in [0, 0.1) is 10.1 Å². The molecule has 0 spiro atoms. The van der Waals surface area contributed by atoms with Gasteiger partial charge >= 0.3 is 13.6 Å². The molecule has 0 aliphatic carbocycles. The minimum absolute atomic E-state index is 0.163. The Labute approximate surface area is 155 Å². The molecule has 0 saturated carbocycles. The summed E-state index contributed by atoms with van der Waals surface area (Å²) in [4.78, 5) is 10.1. The standard InChI is InChI=1S/C13H20Cl2N3O6P/c14-3-5-16(6-4-15)25(21,17-7-9-22-10-8-17)23-11-12-1-2-13(24-12)18(19)20/h1-2H,3-11H2. The maximum Gasteiger partial charge on any atom is 0.433 e. The molecule has 1 unspecified atom stereocenters. The first-order chi connectivity index (χ1) is 12.0. The molecule has 9 nitrogen and oxygen atoms in total. The fourth-order valence-electron chi connectivity index (χ4n) is 2.40. The highest BCUT2D eigenvalue weighted by Gasteiger charge is 2.39. The highest BCUT2D eigenvalue weighted by Crippen LogP contribution is 2.55. The average Bonchev–Trinajstić information content (AvgIpc) is 3.10. The first-order valence-corrected chi connectivity index (χ1v) is 10.3. The summed E-state index contributed by atoms with van der Waals surface area (Å²) in [5.41, 5.74) is 0. The molecule has 25 heavy (non-hydrogen) atoms. The molecule has 1 aliphatic rings. The number of morpholine rings is 1. The summed E-state index contributed by atoms with van der Waals surface area (Å²) in [6.07, 6.45) is 0. The Morgan fingerprint density at radius 1 is 1.28 bits per heavy atom. The van der Waals surface area contributed by atoms with Gasteiger partial charge in [-0.3, -0.25) is 19.2 Å². The van der Waals surface area contributed by atoms with Crippen LogP contribution in [0.2, 0.25) is 0 Å². The van der Waals surface area contributed by atoms with E-state index in [0.29, 0.717) is 39.4 Å². The van der Waals surface area contributed by atoms with E-state index in [2.05, 4.69) is 0 Å². The van der Waals surface area contributed by atoms with E-state index in [1.54, 1.807) is 9.34 Å². The Morgan fingerprint density at radius 3 is 2.44 bits per heavy atom. The zero-order chi connectivity index (χ0) is 18.3. The lowest BCUT2D eigenvalue weighted by Crippen LogP contribution is -2.41. The molecule has 0 amide bonds. The molecule has 1 atom stereocenters. The Hall–Kier alpha value is -0.670. The van der Waals surface area contributed by atoms with E-state index in [4.69, 9.17) is 36.9 Å². The third-order valence-electron chi connectivity index (χ3n) is 3.59. The molecule has 1 fully saturated rings. The van der Waals surface area contributed by atoms with Crippen LogP contribution in [-0.4, -0.2) is 65.4 Å². The minimum Gasteiger partial charge on any atom is -0.403 e. The van der Waals surface area contributed by atoms with Crippen molar-refractivity contribution < 1.29 is 23.2 Å². The summed E-state index contributed by atoms with van der Waals surface area (Å²) in [5, 5.41) is 10.7. The fraction of sp³-hybridized carbons (Fsp3) is 0.692. The van der Waals surface area contributed by atoms with Crippen LogP contribution >= 0.6 is 30.9 Å². The lowest BCUT2D eigenvalue weighted by Gasteiger charge is -2.39. The van der Waals surface area contributed by atoms with Crippen molar-refractivity contribution in [1.29, 1.82) is 0 Å². The maximum absolute atomic E-state index is 13.6. The summed E-state index contributed by atoms with van der Waals surface area (Å²) < 4.78 is 33.1. The number of furan rings is 1. The van der Waals surface area contributed by atoms with Gasteiger partial charge in [0.05, 0.1) is 19.3 Å². The van der Waals surface area contributed by atoms with Gasteiger partial charge in [0.15, 0.2) is 0 Å². The summed E-state index contributed by atoms with van der Waals surface area (Å²) in [5.74, 6) is 0.358. The fourth-order valence-corrected chi connectivity index (χ4v) is 5.40. The van der Waals surface area contributed by atoms with E-state index in [-0.39, 0.29) is 24.1 Å². The van der Waals surface area contributed by atoms with Gasteiger partial charge in [0.25, 0.3) is 0 Å². The summed E-state index contributed by atoms with van der Waals surface area (Å²) in [6, 6.07) is 2.66. The Morgan fingerprint density at radius 2 is 1.92 bits per heavy atom. The minimum atomic E-state index is -3.43. The summed E-state index contributed by atoms with van der Waals surface area (Å²) in [6.45, 7) is 2.27. The predicted octanol–water partition coefficient (Wildman–Crippen LogP) is 2.92. The van der Waals surface area contributed by atoms with Crippen LogP contribution in [0.25, 0.3) is 0 Å². The molecular weight excluding hydrogens is 396 g/mol. The quantitative estimate of drug-likeness (QED) is 0.249. The van der Waals surface area contributed by atoms with Crippen molar-refractivity contribution in [1.82, 2.24) is 9.34 Å². The smallest absolute Gasteiger partial charge is 0.403 e. The van der Waals surface area contributed by atoms with Gasteiger partial charge in [-0.25, -0.2) is 9.34 Å². The Bertz CT molecular complexity index is 604. The van der Waals surface area contributed by atoms with Crippen molar-refractivity contribution in [2.24, 2.45) is 0 Å². The van der Waals surface area contributed by atoms with Gasteiger partial charge in [0.1, 0.15) is 17.3 Å². The molecule has 1 aliphatic heterocycles. The Kier molecular flexibility index (Phi) is 8.15. The van der Waals surface area contributed by atoms with Crippen molar-refractivity contribution in [3.63, 3.8) is 0 Å². The molecular formula is C13H20Cl2N3O6P. The van der Waals surface area contributed by atoms with Crippen LogP contribution in [-0.2, 0) is 20.4 Å². The molecule has 1 saturated heterocycles. The second kappa shape index (κ2) is 9.87. The van der Waals surface area contributed by atoms with Crippen molar-refractivity contribution in [2.75, 3.05) is 51.2 Å². The number of hydrogen-bond donors (Lipinski definition) is 0. The second-order valence-corrected chi connectivity index (χ2v) is 8.29. The van der Waals surface area contributed by atoms with Gasteiger partial charge < -0.3 is 9.15 Å². The number of ether oxygens (including phenoxy) is 1. The normalized spacial score (nSPS) is 18.4. The molecule has 1 aromatic rings. The second-order valence-electron chi connectivity index (χ2n) is 5.16. The SMILES string of the molecule is O=[N+]([O-])c1ccc(COP(=O)(N(CCCl)CCCl)N2CCOCC2)o1. The molecule has 0 bridgehead atoms. The number of nitro groups is 1. The molecule has 0 aromatic carbocycles. The highest BCUT2D eigenvalue weighted by atomic mass is 35.5. The van der Waals surface area contributed by atoms with E-state index in [1.165, 1.54) is 12.1 Å². The van der Waals surface area contributed by atoms with Crippen LogP contribution in [0.3, 0.4) is 0 Å². The zero-order valence-electron chi connectivity index (χ0n) is 13.5. The molecule has 12 heteroatoms. The topological polar surface area (TPSA) is 98.3 Å². The summed E-state index contributed by atoms with van der Waals surface area (Å²) >= 11 is 11.7. The largest absolute Gasteiger partial charge is 0.433 e. The van der Waals surface area contributed by atoms with Gasteiger partial charge in [-0.1, -0.05) is 0 Å². The predicted molar refractivity (Wildman–Crippen MR) is 93.2 cm³/mol. The van der Waals surface area contributed by atoms with Crippen molar-refractivity contribution in [2.45, 2.75) is 6.61 Å². The lowest BCUT2D eigenvalue weighted by atomic mass is 10.5. The van der Waals surface area contributed by atoms with Crippen molar-refractivity contribution in [3.05, 3.63) is 28.0 Å². The van der Waals surface area contributed by atoms with Gasteiger partial charge in [-0.05, 0) is 6.07 Å². The van der Waals surface area contributed by atoms with Crippen LogP contribution < -0.4 is 0 Å². The van der Waals surface area contributed by atoms with Crippen LogP contribution in [0.4, 0.5) is 5.88 Å².